The van der Waals surface area contributed by atoms with Crippen molar-refractivity contribution in [3.63, 3.8) is 0 Å². The minimum atomic E-state index is -0.117. The van der Waals surface area contributed by atoms with Crippen molar-refractivity contribution in [2.45, 2.75) is 32.2 Å². The average Bonchev–Trinajstić information content (AvgIpc) is 2.47. The largest absolute Gasteiger partial charge is 0.399 e. The number of nitrogen functional groups attached to an aromatic ring is 1. The zero-order chi connectivity index (χ0) is 14.8. The van der Waals surface area contributed by atoms with Gasteiger partial charge in [-0.2, -0.15) is 0 Å². The second-order valence-electron chi connectivity index (χ2n) is 5.54. The van der Waals surface area contributed by atoms with Gasteiger partial charge in [-0.1, -0.05) is 12.1 Å². The lowest BCUT2D eigenvalue weighted by molar-refractivity contribution is 0.0927. The number of fused-ring (bicyclic) bond motifs is 1. The SMILES string of the molecule is Cc1cccc(C(=O)NC2CCCc3cc(N)ccc32)n1.Cl.Cl. The fraction of sp³-hybridized carbons (Fsp3) is 0.294. The number of benzene rings is 1. The van der Waals surface area contributed by atoms with Crippen LogP contribution in [0.2, 0.25) is 0 Å². The van der Waals surface area contributed by atoms with Crippen LogP contribution in [0.1, 0.15) is 46.2 Å². The van der Waals surface area contributed by atoms with Gasteiger partial charge in [0.25, 0.3) is 5.91 Å². The highest BCUT2D eigenvalue weighted by Gasteiger charge is 2.22. The van der Waals surface area contributed by atoms with Crippen LogP contribution < -0.4 is 11.1 Å². The summed E-state index contributed by atoms with van der Waals surface area (Å²) in [5.74, 6) is -0.117. The van der Waals surface area contributed by atoms with E-state index in [0.29, 0.717) is 5.69 Å². The lowest BCUT2D eigenvalue weighted by Crippen LogP contribution is -2.31. The molecule has 1 aliphatic rings. The molecule has 3 N–H and O–H groups in total. The number of aryl methyl sites for hydroxylation is 2. The van der Waals surface area contributed by atoms with Crippen LogP contribution in [-0.4, -0.2) is 10.9 Å². The Bertz CT molecular complexity index is 691. The lowest BCUT2D eigenvalue weighted by Gasteiger charge is -2.26. The van der Waals surface area contributed by atoms with Gasteiger partial charge in [0, 0.05) is 11.4 Å². The Morgan fingerprint density at radius 2 is 2.04 bits per heavy atom. The molecule has 2 aromatic rings. The number of nitrogens with one attached hydrogen (secondary N) is 1. The first-order chi connectivity index (χ1) is 10.1. The Hall–Kier alpha value is -1.78. The topological polar surface area (TPSA) is 68.0 Å². The number of halogens is 2. The standard InChI is InChI=1S/C17H19N3O.2ClH/c1-11-4-2-7-16(19-11)17(21)20-15-6-3-5-12-10-13(18)8-9-14(12)15;;/h2,4,7-10,15H,3,5-6,18H2,1H3,(H,20,21);2*1H. The lowest BCUT2D eigenvalue weighted by atomic mass is 9.87. The van der Waals surface area contributed by atoms with E-state index in [9.17, 15) is 4.79 Å². The van der Waals surface area contributed by atoms with Crippen LogP contribution in [-0.2, 0) is 6.42 Å². The number of rotatable bonds is 2. The van der Waals surface area contributed by atoms with E-state index in [1.165, 1.54) is 11.1 Å². The summed E-state index contributed by atoms with van der Waals surface area (Å²) in [5.41, 5.74) is 10.4. The zero-order valence-corrected chi connectivity index (χ0v) is 14.5. The molecule has 0 saturated heterocycles. The van der Waals surface area contributed by atoms with Gasteiger partial charge in [0.05, 0.1) is 6.04 Å². The summed E-state index contributed by atoms with van der Waals surface area (Å²) in [4.78, 5) is 16.6. The Kier molecular flexibility index (Phi) is 6.85. The molecule has 1 aromatic carbocycles. The van der Waals surface area contributed by atoms with E-state index in [0.717, 1.165) is 30.6 Å². The molecule has 0 spiro atoms. The molecule has 0 saturated carbocycles. The summed E-state index contributed by atoms with van der Waals surface area (Å²) < 4.78 is 0. The molecular weight excluding hydrogens is 333 g/mol. The number of carbonyl (C=O) groups is 1. The molecule has 124 valence electrons. The fourth-order valence-electron chi connectivity index (χ4n) is 2.89. The van der Waals surface area contributed by atoms with Gasteiger partial charge in [-0.15, -0.1) is 24.8 Å². The summed E-state index contributed by atoms with van der Waals surface area (Å²) in [6.45, 7) is 1.88. The molecule has 1 atom stereocenters. The molecule has 3 rings (SSSR count). The summed E-state index contributed by atoms with van der Waals surface area (Å²) in [6, 6.07) is 11.5. The molecule has 6 heteroatoms. The van der Waals surface area contributed by atoms with Gasteiger partial charge < -0.3 is 11.1 Å². The van der Waals surface area contributed by atoms with Crippen LogP contribution in [0.25, 0.3) is 0 Å². The van der Waals surface area contributed by atoms with E-state index in [4.69, 9.17) is 5.73 Å². The van der Waals surface area contributed by atoms with Gasteiger partial charge in [-0.05, 0) is 61.6 Å². The third-order valence-corrected chi connectivity index (χ3v) is 3.91. The number of aromatic nitrogens is 1. The number of hydrogen-bond acceptors (Lipinski definition) is 3. The van der Waals surface area contributed by atoms with Crippen molar-refractivity contribution in [2.24, 2.45) is 0 Å². The number of pyridine rings is 1. The monoisotopic (exact) mass is 353 g/mol. The molecule has 1 aliphatic carbocycles. The second kappa shape index (κ2) is 8.18. The van der Waals surface area contributed by atoms with Crippen molar-refractivity contribution in [3.8, 4) is 0 Å². The van der Waals surface area contributed by atoms with Gasteiger partial charge in [-0.25, -0.2) is 4.98 Å². The summed E-state index contributed by atoms with van der Waals surface area (Å²) in [5, 5.41) is 3.10. The molecule has 4 nitrogen and oxygen atoms in total. The van der Waals surface area contributed by atoms with Crippen LogP contribution in [0, 0.1) is 6.92 Å². The van der Waals surface area contributed by atoms with E-state index < -0.39 is 0 Å². The van der Waals surface area contributed by atoms with Crippen molar-refractivity contribution in [2.75, 3.05) is 5.73 Å². The van der Waals surface area contributed by atoms with E-state index in [-0.39, 0.29) is 36.8 Å². The van der Waals surface area contributed by atoms with Gasteiger partial charge >= 0.3 is 0 Å². The van der Waals surface area contributed by atoms with Crippen LogP contribution in [0.3, 0.4) is 0 Å². The maximum atomic E-state index is 12.3. The number of anilines is 1. The fourth-order valence-corrected chi connectivity index (χ4v) is 2.89. The Labute approximate surface area is 148 Å². The molecule has 0 fully saturated rings. The maximum absolute atomic E-state index is 12.3. The van der Waals surface area contributed by atoms with Gasteiger partial charge in [0.1, 0.15) is 5.69 Å². The first-order valence-electron chi connectivity index (χ1n) is 7.26. The molecule has 23 heavy (non-hydrogen) atoms. The Balaban J connectivity index is 0.00000132. The van der Waals surface area contributed by atoms with E-state index in [2.05, 4.69) is 10.3 Å². The molecule has 1 aromatic heterocycles. The number of nitrogens with zero attached hydrogens (tertiary/aromatic N) is 1. The minimum absolute atomic E-state index is 0. The first kappa shape index (κ1) is 19.3. The average molecular weight is 354 g/mol. The molecule has 1 amide bonds. The van der Waals surface area contributed by atoms with E-state index >= 15 is 0 Å². The first-order valence-corrected chi connectivity index (χ1v) is 7.26. The maximum Gasteiger partial charge on any atom is 0.270 e. The van der Waals surface area contributed by atoms with E-state index in [1.807, 2.05) is 37.3 Å². The molecule has 0 aliphatic heterocycles. The highest BCUT2D eigenvalue weighted by molar-refractivity contribution is 5.92. The van der Waals surface area contributed by atoms with Crippen molar-refractivity contribution >= 4 is 36.4 Å². The molecular formula is C17H21Cl2N3O. The third kappa shape index (κ3) is 4.36. The number of nitrogens with two attached hydrogens (primary N) is 1. The number of hydrogen-bond donors (Lipinski definition) is 2. The quantitative estimate of drug-likeness (QED) is 0.810. The molecule has 1 unspecified atom stereocenters. The predicted octanol–water partition coefficient (Wildman–Crippen LogP) is 3.62. The number of carbonyl (C=O) groups excluding carboxylic acids is 1. The highest BCUT2D eigenvalue weighted by Crippen LogP contribution is 2.31. The molecule has 1 heterocycles. The third-order valence-electron chi connectivity index (χ3n) is 3.91. The van der Waals surface area contributed by atoms with Gasteiger partial charge in [0.15, 0.2) is 0 Å². The van der Waals surface area contributed by atoms with Crippen LogP contribution >= 0.6 is 24.8 Å². The van der Waals surface area contributed by atoms with E-state index in [1.54, 1.807) is 6.07 Å². The predicted molar refractivity (Wildman–Crippen MR) is 97.5 cm³/mol. The van der Waals surface area contributed by atoms with Gasteiger partial charge in [0.2, 0.25) is 0 Å². The second-order valence-corrected chi connectivity index (χ2v) is 5.54. The summed E-state index contributed by atoms with van der Waals surface area (Å²) in [7, 11) is 0. The molecule has 0 radical (unpaired) electrons. The highest BCUT2D eigenvalue weighted by atomic mass is 35.5. The summed E-state index contributed by atoms with van der Waals surface area (Å²) >= 11 is 0. The Morgan fingerprint density at radius 3 is 2.78 bits per heavy atom. The van der Waals surface area contributed by atoms with Crippen molar-refractivity contribution < 1.29 is 4.79 Å². The number of amides is 1. The van der Waals surface area contributed by atoms with Crippen molar-refractivity contribution in [1.29, 1.82) is 0 Å². The molecule has 0 bridgehead atoms. The van der Waals surface area contributed by atoms with Gasteiger partial charge in [-0.3, -0.25) is 4.79 Å². The zero-order valence-electron chi connectivity index (χ0n) is 12.9. The Morgan fingerprint density at radius 1 is 1.26 bits per heavy atom. The van der Waals surface area contributed by atoms with Crippen LogP contribution in [0.4, 0.5) is 5.69 Å². The van der Waals surface area contributed by atoms with Crippen molar-refractivity contribution in [3.05, 3.63) is 58.9 Å². The summed E-state index contributed by atoms with van der Waals surface area (Å²) in [6.07, 6.45) is 3.03. The van der Waals surface area contributed by atoms with Crippen molar-refractivity contribution in [1.82, 2.24) is 10.3 Å². The minimum Gasteiger partial charge on any atom is -0.399 e. The van der Waals surface area contributed by atoms with Crippen LogP contribution in [0.15, 0.2) is 36.4 Å². The van der Waals surface area contributed by atoms with Crippen LogP contribution in [0.5, 0.6) is 0 Å². The smallest absolute Gasteiger partial charge is 0.270 e. The normalized spacial score (nSPS) is 15.6.